The van der Waals surface area contributed by atoms with E-state index in [9.17, 15) is 9.90 Å². The van der Waals surface area contributed by atoms with Crippen LogP contribution in [0.4, 0.5) is 14.5 Å². The number of pyridine rings is 1. The van der Waals surface area contributed by atoms with Gasteiger partial charge in [-0.2, -0.15) is 0 Å². The van der Waals surface area contributed by atoms with Gasteiger partial charge in [-0.05, 0) is 43.2 Å². The molecular formula is C24H22F2N2O3. The zero-order valence-electron chi connectivity index (χ0n) is 17.0. The van der Waals surface area contributed by atoms with Gasteiger partial charge in [-0.3, -0.25) is 4.79 Å². The van der Waals surface area contributed by atoms with E-state index in [2.05, 4.69) is 4.98 Å². The molecule has 0 bridgehead atoms. The minimum atomic E-state index is -0.897. The lowest BCUT2D eigenvalue weighted by Crippen LogP contribution is -2.23. The molecule has 160 valence electrons. The third-order valence-electron chi connectivity index (χ3n) is 5.42. The van der Waals surface area contributed by atoms with Crippen LogP contribution in [0, 0.1) is 24.5 Å². The molecule has 2 heterocycles. The largest absolute Gasteiger partial charge is 0.481 e. The quantitative estimate of drug-likeness (QED) is 0.614. The number of aryl methyl sites for hydroxylation is 1. The number of ether oxygens (including phenoxy) is 1. The third kappa shape index (κ3) is 4.50. The number of carboxylic acids is 1. The first-order chi connectivity index (χ1) is 14.9. The van der Waals surface area contributed by atoms with Crippen LogP contribution in [-0.2, 0) is 11.4 Å². The van der Waals surface area contributed by atoms with E-state index in [1.807, 2.05) is 30.3 Å². The number of rotatable bonds is 6. The summed E-state index contributed by atoms with van der Waals surface area (Å²) in [6.07, 6.45) is 0.444. The second-order valence-corrected chi connectivity index (χ2v) is 7.63. The molecule has 0 radical (unpaired) electrons. The van der Waals surface area contributed by atoms with Crippen molar-refractivity contribution >= 4 is 11.7 Å². The van der Waals surface area contributed by atoms with Gasteiger partial charge in [0.05, 0.1) is 11.5 Å². The van der Waals surface area contributed by atoms with E-state index in [-0.39, 0.29) is 30.2 Å². The standard InChI is InChI=1S/C24H22F2N2O3/c1-15-7-8-19(23(27-15)31-14-16-5-3-2-4-6-16)22-20(25)11-18(12-21(22)26)28-10-9-17(13-28)24(29)30/h2-8,11-12,17H,9-10,13-14H2,1H3,(H,29,30)/t17-/m1/s1. The van der Waals surface area contributed by atoms with Gasteiger partial charge in [0, 0.05) is 30.0 Å². The molecule has 1 atom stereocenters. The number of aromatic nitrogens is 1. The maximum atomic E-state index is 15.1. The molecule has 0 aliphatic carbocycles. The number of hydrogen-bond donors (Lipinski definition) is 1. The lowest BCUT2D eigenvalue weighted by molar-refractivity contribution is -0.140. The summed E-state index contributed by atoms with van der Waals surface area (Å²) in [5.41, 5.74) is 1.92. The van der Waals surface area contributed by atoms with Gasteiger partial charge in [0.1, 0.15) is 18.2 Å². The summed E-state index contributed by atoms with van der Waals surface area (Å²) in [5.74, 6) is -2.77. The van der Waals surface area contributed by atoms with Crippen molar-refractivity contribution in [2.24, 2.45) is 5.92 Å². The number of anilines is 1. The van der Waals surface area contributed by atoms with Gasteiger partial charge in [0.2, 0.25) is 5.88 Å². The zero-order chi connectivity index (χ0) is 22.0. The van der Waals surface area contributed by atoms with E-state index in [1.54, 1.807) is 24.0 Å². The monoisotopic (exact) mass is 424 g/mol. The van der Waals surface area contributed by atoms with Gasteiger partial charge in [-0.25, -0.2) is 13.8 Å². The number of halogens is 2. The van der Waals surface area contributed by atoms with Crippen LogP contribution in [-0.4, -0.2) is 29.1 Å². The molecule has 1 saturated heterocycles. The topological polar surface area (TPSA) is 62.7 Å². The molecule has 1 fully saturated rings. The van der Waals surface area contributed by atoms with Crippen LogP contribution < -0.4 is 9.64 Å². The third-order valence-corrected chi connectivity index (χ3v) is 5.42. The summed E-state index contributed by atoms with van der Waals surface area (Å²) >= 11 is 0. The van der Waals surface area contributed by atoms with Gasteiger partial charge in [-0.15, -0.1) is 0 Å². The summed E-state index contributed by atoms with van der Waals surface area (Å²) in [6.45, 7) is 2.66. The van der Waals surface area contributed by atoms with Crippen molar-refractivity contribution in [2.45, 2.75) is 20.0 Å². The highest BCUT2D eigenvalue weighted by Gasteiger charge is 2.29. The average Bonchev–Trinajstić information content (AvgIpc) is 3.24. The van der Waals surface area contributed by atoms with Crippen molar-refractivity contribution in [3.8, 4) is 17.0 Å². The SMILES string of the molecule is Cc1ccc(-c2c(F)cc(N3CC[C@@H](C(=O)O)C3)cc2F)c(OCc2ccccc2)n1. The van der Waals surface area contributed by atoms with Crippen molar-refractivity contribution in [1.29, 1.82) is 0 Å². The van der Waals surface area contributed by atoms with Crippen molar-refractivity contribution in [1.82, 2.24) is 4.98 Å². The van der Waals surface area contributed by atoms with E-state index >= 15 is 8.78 Å². The molecule has 1 aliphatic heterocycles. The van der Waals surface area contributed by atoms with Gasteiger partial charge in [0.25, 0.3) is 0 Å². The normalized spacial score (nSPS) is 15.8. The fraction of sp³-hybridized carbons (Fsp3) is 0.250. The fourth-order valence-electron chi connectivity index (χ4n) is 3.76. The molecule has 0 amide bonds. The van der Waals surface area contributed by atoms with Crippen LogP contribution in [0.25, 0.3) is 11.1 Å². The highest BCUT2D eigenvalue weighted by atomic mass is 19.1. The Morgan fingerprint density at radius 1 is 1.16 bits per heavy atom. The minimum absolute atomic E-state index is 0.154. The Morgan fingerprint density at radius 2 is 1.87 bits per heavy atom. The lowest BCUT2D eigenvalue weighted by Gasteiger charge is -2.20. The Bertz CT molecular complexity index is 1080. The molecule has 3 aromatic rings. The van der Waals surface area contributed by atoms with Gasteiger partial charge < -0.3 is 14.7 Å². The maximum Gasteiger partial charge on any atom is 0.308 e. The van der Waals surface area contributed by atoms with Crippen molar-refractivity contribution < 1.29 is 23.4 Å². The van der Waals surface area contributed by atoms with Gasteiger partial charge >= 0.3 is 5.97 Å². The second-order valence-electron chi connectivity index (χ2n) is 7.63. The first-order valence-corrected chi connectivity index (χ1v) is 10.0. The summed E-state index contributed by atoms with van der Waals surface area (Å²) in [5, 5.41) is 9.17. The van der Waals surface area contributed by atoms with Crippen molar-refractivity contribution in [3.63, 3.8) is 0 Å². The predicted molar refractivity (Wildman–Crippen MR) is 113 cm³/mol. The molecule has 5 nitrogen and oxygen atoms in total. The number of aliphatic carboxylic acids is 1. The molecule has 1 N–H and O–H groups in total. The van der Waals surface area contributed by atoms with E-state index in [0.29, 0.717) is 24.3 Å². The summed E-state index contributed by atoms with van der Waals surface area (Å²) in [6, 6.07) is 15.2. The highest BCUT2D eigenvalue weighted by Crippen LogP contribution is 2.36. The predicted octanol–water partition coefficient (Wildman–Crippen LogP) is 4.83. The molecule has 0 spiro atoms. The Balaban J connectivity index is 1.64. The number of benzene rings is 2. The Hall–Kier alpha value is -3.48. The first kappa shape index (κ1) is 20.8. The number of hydrogen-bond acceptors (Lipinski definition) is 4. The Morgan fingerprint density at radius 3 is 2.52 bits per heavy atom. The molecule has 7 heteroatoms. The zero-order valence-corrected chi connectivity index (χ0v) is 17.0. The van der Waals surface area contributed by atoms with Gasteiger partial charge in [0.15, 0.2) is 0 Å². The number of carboxylic acid groups (broad SMARTS) is 1. The Kier molecular flexibility index (Phi) is 5.84. The van der Waals surface area contributed by atoms with Gasteiger partial charge in [-0.1, -0.05) is 30.3 Å². The minimum Gasteiger partial charge on any atom is -0.481 e. The van der Waals surface area contributed by atoms with Crippen LogP contribution >= 0.6 is 0 Å². The van der Waals surface area contributed by atoms with Crippen LogP contribution in [0.15, 0.2) is 54.6 Å². The molecule has 0 unspecified atom stereocenters. The molecule has 4 rings (SSSR count). The van der Waals surface area contributed by atoms with Crippen molar-refractivity contribution in [2.75, 3.05) is 18.0 Å². The van der Waals surface area contributed by atoms with E-state index in [0.717, 1.165) is 5.56 Å². The molecule has 0 saturated carbocycles. The number of carbonyl (C=O) groups is 1. The molecule has 31 heavy (non-hydrogen) atoms. The lowest BCUT2D eigenvalue weighted by atomic mass is 10.0. The van der Waals surface area contributed by atoms with Crippen LogP contribution in [0.2, 0.25) is 0 Å². The van der Waals surface area contributed by atoms with Crippen LogP contribution in [0.5, 0.6) is 5.88 Å². The fourth-order valence-corrected chi connectivity index (χ4v) is 3.76. The molecule has 1 aromatic heterocycles. The maximum absolute atomic E-state index is 15.1. The summed E-state index contributed by atoms with van der Waals surface area (Å²) < 4.78 is 36.0. The number of nitrogens with zero attached hydrogens (tertiary/aromatic N) is 2. The van der Waals surface area contributed by atoms with Crippen molar-refractivity contribution in [3.05, 3.63) is 77.5 Å². The molecule has 2 aromatic carbocycles. The average molecular weight is 424 g/mol. The van der Waals surface area contributed by atoms with E-state index in [1.165, 1.54) is 12.1 Å². The first-order valence-electron chi connectivity index (χ1n) is 10.0. The Labute approximate surface area is 178 Å². The molecular weight excluding hydrogens is 402 g/mol. The van der Waals surface area contributed by atoms with E-state index in [4.69, 9.17) is 4.74 Å². The van der Waals surface area contributed by atoms with E-state index < -0.39 is 23.5 Å². The molecule has 1 aliphatic rings. The smallest absolute Gasteiger partial charge is 0.308 e. The second kappa shape index (κ2) is 8.71. The summed E-state index contributed by atoms with van der Waals surface area (Å²) in [4.78, 5) is 17.2. The highest BCUT2D eigenvalue weighted by molar-refractivity contribution is 5.74. The van der Waals surface area contributed by atoms with Crippen LogP contribution in [0.3, 0.4) is 0 Å². The summed E-state index contributed by atoms with van der Waals surface area (Å²) in [7, 11) is 0. The van der Waals surface area contributed by atoms with Crippen LogP contribution in [0.1, 0.15) is 17.7 Å².